The van der Waals surface area contributed by atoms with Crippen molar-refractivity contribution in [1.82, 2.24) is 0 Å². The summed E-state index contributed by atoms with van der Waals surface area (Å²) in [5, 5.41) is 0. The van der Waals surface area contributed by atoms with Crippen LogP contribution in [0.5, 0.6) is 23.0 Å². The third-order valence-corrected chi connectivity index (χ3v) is 3.87. The molecule has 0 aromatic heterocycles. The maximum Gasteiger partial charge on any atom is 0.331 e. The van der Waals surface area contributed by atoms with Crippen LogP contribution >= 0.6 is 0 Å². The van der Waals surface area contributed by atoms with Crippen molar-refractivity contribution in [2.45, 2.75) is 0 Å². The van der Waals surface area contributed by atoms with Crippen LogP contribution in [0.1, 0.15) is 15.9 Å². The predicted molar refractivity (Wildman–Crippen MR) is 96.4 cm³/mol. The molecule has 0 saturated heterocycles. The van der Waals surface area contributed by atoms with E-state index in [4.69, 9.17) is 23.7 Å². The molecule has 0 saturated carbocycles. The van der Waals surface area contributed by atoms with Crippen LogP contribution in [0.3, 0.4) is 0 Å². The fourth-order valence-electron chi connectivity index (χ4n) is 2.54. The minimum absolute atomic E-state index is 0.125. The van der Waals surface area contributed by atoms with Gasteiger partial charge in [0.25, 0.3) is 0 Å². The zero-order valence-corrected chi connectivity index (χ0v) is 14.9. The Balaban J connectivity index is 1.60. The zero-order chi connectivity index (χ0) is 19.2. The summed E-state index contributed by atoms with van der Waals surface area (Å²) in [5.41, 5.74) is 1.03. The molecule has 0 spiro atoms. The van der Waals surface area contributed by atoms with Crippen LogP contribution in [-0.4, -0.2) is 39.4 Å². The quantitative estimate of drug-likeness (QED) is 0.421. The van der Waals surface area contributed by atoms with Gasteiger partial charge in [-0.05, 0) is 30.3 Å². The average Bonchev–Trinajstić information content (AvgIpc) is 3.17. The number of esters is 1. The van der Waals surface area contributed by atoms with Gasteiger partial charge < -0.3 is 23.7 Å². The molecule has 3 rings (SSSR count). The standard InChI is InChI=1S/C20H18O7/c1-23-17-5-3-4-13(20(17)24-2)7-9-19(22)25-11-15(21)14-6-8-16-18(10-14)27-12-26-16/h3-10H,11-12H2,1-2H3/b9-7+. The van der Waals surface area contributed by atoms with E-state index in [1.807, 2.05) is 0 Å². The van der Waals surface area contributed by atoms with Crippen LogP contribution in [0, 0.1) is 0 Å². The number of hydrogen-bond acceptors (Lipinski definition) is 7. The minimum atomic E-state index is -0.644. The van der Waals surface area contributed by atoms with E-state index in [1.54, 1.807) is 36.4 Å². The highest BCUT2D eigenvalue weighted by Gasteiger charge is 2.17. The van der Waals surface area contributed by atoms with Crippen LogP contribution < -0.4 is 18.9 Å². The molecule has 0 atom stereocenters. The second kappa shape index (κ2) is 8.27. The molecule has 27 heavy (non-hydrogen) atoms. The maximum absolute atomic E-state index is 12.2. The second-order valence-corrected chi connectivity index (χ2v) is 5.52. The van der Waals surface area contributed by atoms with Crippen LogP contribution in [-0.2, 0) is 9.53 Å². The summed E-state index contributed by atoms with van der Waals surface area (Å²) in [7, 11) is 3.04. The summed E-state index contributed by atoms with van der Waals surface area (Å²) >= 11 is 0. The fourth-order valence-corrected chi connectivity index (χ4v) is 2.54. The summed E-state index contributed by atoms with van der Waals surface area (Å²) in [6.07, 6.45) is 2.76. The molecule has 0 bridgehead atoms. The molecule has 1 aliphatic heterocycles. The highest BCUT2D eigenvalue weighted by atomic mass is 16.7. The molecular weight excluding hydrogens is 352 g/mol. The summed E-state index contributed by atoms with van der Waals surface area (Å²) in [5.74, 6) is 1.14. The van der Waals surface area contributed by atoms with Crippen molar-refractivity contribution in [2.24, 2.45) is 0 Å². The first-order chi connectivity index (χ1) is 13.1. The molecular formula is C20H18O7. The number of ketones is 1. The van der Waals surface area contributed by atoms with Gasteiger partial charge >= 0.3 is 5.97 Å². The van der Waals surface area contributed by atoms with Crippen molar-refractivity contribution in [3.05, 3.63) is 53.6 Å². The lowest BCUT2D eigenvalue weighted by atomic mass is 10.1. The largest absolute Gasteiger partial charge is 0.493 e. The molecule has 0 radical (unpaired) electrons. The Labute approximate surface area is 156 Å². The van der Waals surface area contributed by atoms with Crippen molar-refractivity contribution in [3.63, 3.8) is 0 Å². The van der Waals surface area contributed by atoms with Gasteiger partial charge in [0.1, 0.15) is 0 Å². The Kier molecular flexibility index (Phi) is 5.61. The van der Waals surface area contributed by atoms with Crippen molar-refractivity contribution in [1.29, 1.82) is 0 Å². The molecule has 7 nitrogen and oxygen atoms in total. The number of carbonyl (C=O) groups is 2. The normalized spacial score (nSPS) is 12.1. The van der Waals surface area contributed by atoms with Gasteiger partial charge in [-0.15, -0.1) is 0 Å². The number of para-hydroxylation sites is 1. The lowest BCUT2D eigenvalue weighted by Crippen LogP contribution is -2.12. The van der Waals surface area contributed by atoms with Gasteiger partial charge in [-0.1, -0.05) is 12.1 Å². The lowest BCUT2D eigenvalue weighted by molar-refractivity contribution is -0.136. The van der Waals surface area contributed by atoms with Crippen LogP contribution in [0.15, 0.2) is 42.5 Å². The summed E-state index contributed by atoms with van der Waals surface area (Å²) in [4.78, 5) is 24.1. The number of ether oxygens (including phenoxy) is 5. The second-order valence-electron chi connectivity index (χ2n) is 5.52. The first kappa shape index (κ1) is 18.3. The molecule has 1 aliphatic rings. The predicted octanol–water partition coefficient (Wildman–Crippen LogP) is 2.87. The Morgan fingerprint density at radius 3 is 2.67 bits per heavy atom. The van der Waals surface area contributed by atoms with Crippen molar-refractivity contribution >= 4 is 17.8 Å². The van der Waals surface area contributed by atoms with Gasteiger partial charge in [-0.2, -0.15) is 0 Å². The summed E-state index contributed by atoms with van der Waals surface area (Å²) in [6, 6.07) is 10.1. The van der Waals surface area contributed by atoms with E-state index in [1.165, 1.54) is 26.4 Å². The molecule has 2 aromatic rings. The highest BCUT2D eigenvalue weighted by Crippen LogP contribution is 2.33. The van der Waals surface area contributed by atoms with Gasteiger partial charge in [-0.25, -0.2) is 4.79 Å². The van der Waals surface area contributed by atoms with E-state index >= 15 is 0 Å². The first-order valence-corrected chi connectivity index (χ1v) is 8.11. The third kappa shape index (κ3) is 4.20. The topological polar surface area (TPSA) is 80.3 Å². The first-order valence-electron chi connectivity index (χ1n) is 8.11. The lowest BCUT2D eigenvalue weighted by Gasteiger charge is -2.09. The van der Waals surface area contributed by atoms with E-state index in [0.717, 1.165) is 0 Å². The summed E-state index contributed by atoms with van der Waals surface area (Å²) < 4.78 is 25.9. The van der Waals surface area contributed by atoms with Gasteiger partial charge in [0, 0.05) is 17.2 Å². The third-order valence-electron chi connectivity index (χ3n) is 3.87. The van der Waals surface area contributed by atoms with E-state index < -0.39 is 5.97 Å². The van der Waals surface area contributed by atoms with Gasteiger partial charge in [0.05, 0.1) is 14.2 Å². The number of carbonyl (C=O) groups excluding carboxylic acids is 2. The number of benzene rings is 2. The van der Waals surface area contributed by atoms with Crippen molar-refractivity contribution in [3.8, 4) is 23.0 Å². The Bertz CT molecular complexity index is 886. The number of methoxy groups -OCH3 is 2. The van der Waals surface area contributed by atoms with Gasteiger partial charge in [-0.3, -0.25) is 4.79 Å². The SMILES string of the molecule is COc1cccc(/C=C/C(=O)OCC(=O)c2ccc3c(c2)OCO3)c1OC. The van der Waals surface area contributed by atoms with Crippen LogP contribution in [0.25, 0.3) is 6.08 Å². The Morgan fingerprint density at radius 2 is 1.89 bits per heavy atom. The molecule has 0 unspecified atom stereocenters. The Hall–Kier alpha value is -3.48. The summed E-state index contributed by atoms with van der Waals surface area (Å²) in [6.45, 7) is -0.251. The molecule has 140 valence electrons. The Morgan fingerprint density at radius 1 is 1.07 bits per heavy atom. The van der Waals surface area contributed by atoms with E-state index in [2.05, 4.69) is 0 Å². The molecule has 7 heteroatoms. The molecule has 0 fully saturated rings. The van der Waals surface area contributed by atoms with Crippen molar-refractivity contribution < 1.29 is 33.3 Å². The maximum atomic E-state index is 12.2. The number of rotatable bonds is 7. The fraction of sp³-hybridized carbons (Fsp3) is 0.200. The molecule has 0 amide bonds. The average molecular weight is 370 g/mol. The smallest absolute Gasteiger partial charge is 0.331 e. The molecule has 0 aliphatic carbocycles. The van der Waals surface area contributed by atoms with Crippen molar-refractivity contribution in [2.75, 3.05) is 27.6 Å². The van der Waals surface area contributed by atoms with E-state index in [-0.39, 0.29) is 19.2 Å². The number of Topliss-reactive ketones (excluding diaryl/α,β-unsaturated/α-hetero) is 1. The monoisotopic (exact) mass is 370 g/mol. The molecule has 2 aromatic carbocycles. The highest BCUT2D eigenvalue weighted by molar-refractivity contribution is 5.99. The number of hydrogen-bond donors (Lipinski definition) is 0. The molecule has 1 heterocycles. The van der Waals surface area contributed by atoms with Gasteiger partial charge in [0.15, 0.2) is 35.4 Å². The van der Waals surface area contributed by atoms with E-state index in [9.17, 15) is 9.59 Å². The minimum Gasteiger partial charge on any atom is -0.493 e. The van der Waals surface area contributed by atoms with E-state index in [0.29, 0.717) is 34.1 Å². The molecule has 0 N–H and O–H groups in total. The number of fused-ring (bicyclic) bond motifs is 1. The van der Waals surface area contributed by atoms with Crippen LogP contribution in [0.4, 0.5) is 0 Å². The van der Waals surface area contributed by atoms with Crippen LogP contribution in [0.2, 0.25) is 0 Å². The van der Waals surface area contributed by atoms with Gasteiger partial charge in [0.2, 0.25) is 6.79 Å². The zero-order valence-electron chi connectivity index (χ0n) is 14.9.